The summed E-state index contributed by atoms with van der Waals surface area (Å²) in [6.45, 7) is 7.60. The third-order valence-corrected chi connectivity index (χ3v) is 3.35. The summed E-state index contributed by atoms with van der Waals surface area (Å²) in [4.78, 5) is 2.47. The van der Waals surface area contributed by atoms with Crippen LogP contribution in [0.3, 0.4) is 0 Å². The molecule has 1 N–H and O–H groups in total. The first-order valence-electron chi connectivity index (χ1n) is 5.87. The van der Waals surface area contributed by atoms with Crippen molar-refractivity contribution < 1.29 is 0 Å². The van der Waals surface area contributed by atoms with Crippen molar-refractivity contribution >= 4 is 11.6 Å². The van der Waals surface area contributed by atoms with Crippen molar-refractivity contribution in [1.29, 1.82) is 0 Å². The average molecular weight is 239 g/mol. The Morgan fingerprint density at radius 1 is 1.25 bits per heavy atom. The Balaban J connectivity index is 2.02. The average Bonchev–Trinajstić information content (AvgIpc) is 2.20. The number of hydrogen-bond acceptors (Lipinski definition) is 2. The zero-order valence-electron chi connectivity index (χ0n) is 9.91. The predicted molar refractivity (Wildman–Crippen MR) is 68.8 cm³/mol. The molecule has 0 aromatic heterocycles. The van der Waals surface area contributed by atoms with Gasteiger partial charge in [-0.2, -0.15) is 0 Å². The third kappa shape index (κ3) is 2.97. The summed E-state index contributed by atoms with van der Waals surface area (Å²) < 4.78 is 0. The molecule has 0 spiro atoms. The number of halogens is 1. The van der Waals surface area contributed by atoms with Crippen LogP contribution in [0.25, 0.3) is 0 Å². The van der Waals surface area contributed by atoms with Crippen LogP contribution in [0.2, 0.25) is 5.02 Å². The monoisotopic (exact) mass is 238 g/mol. The first-order chi connectivity index (χ1) is 7.65. The van der Waals surface area contributed by atoms with Crippen LogP contribution in [0.1, 0.15) is 19.4 Å². The van der Waals surface area contributed by atoms with E-state index in [0.717, 1.165) is 24.7 Å². The van der Waals surface area contributed by atoms with Crippen molar-refractivity contribution in [3.8, 4) is 0 Å². The maximum atomic E-state index is 6.17. The van der Waals surface area contributed by atoms with E-state index in [1.807, 2.05) is 12.1 Å². The van der Waals surface area contributed by atoms with Crippen LogP contribution in [0.5, 0.6) is 0 Å². The van der Waals surface area contributed by atoms with Crippen LogP contribution >= 0.6 is 11.6 Å². The number of nitrogens with one attached hydrogen (secondary N) is 1. The molecule has 3 heteroatoms. The van der Waals surface area contributed by atoms with Crippen molar-refractivity contribution in [2.24, 2.45) is 0 Å². The Kier molecular flexibility index (Phi) is 3.85. The van der Waals surface area contributed by atoms with Crippen molar-refractivity contribution in [3.63, 3.8) is 0 Å². The second kappa shape index (κ2) is 5.17. The Labute approximate surface area is 103 Å². The molecule has 0 saturated carbocycles. The van der Waals surface area contributed by atoms with Gasteiger partial charge in [0, 0.05) is 36.7 Å². The summed E-state index contributed by atoms with van der Waals surface area (Å²) in [6, 6.07) is 9.23. The van der Waals surface area contributed by atoms with E-state index < -0.39 is 0 Å². The van der Waals surface area contributed by atoms with E-state index in [-0.39, 0.29) is 0 Å². The third-order valence-electron chi connectivity index (χ3n) is 2.98. The molecule has 0 radical (unpaired) electrons. The molecule has 1 aromatic rings. The number of nitrogens with zero attached hydrogens (tertiary/aromatic N) is 1. The highest BCUT2D eigenvalue weighted by molar-refractivity contribution is 6.31. The van der Waals surface area contributed by atoms with Crippen LogP contribution in [0.15, 0.2) is 24.3 Å². The van der Waals surface area contributed by atoms with E-state index in [0.29, 0.717) is 12.1 Å². The molecule has 1 aliphatic rings. The van der Waals surface area contributed by atoms with E-state index in [1.54, 1.807) is 0 Å². The lowest BCUT2D eigenvalue weighted by Gasteiger charge is -2.36. The molecule has 0 aliphatic carbocycles. The summed E-state index contributed by atoms with van der Waals surface area (Å²) in [6.07, 6.45) is 0. The zero-order valence-corrected chi connectivity index (χ0v) is 10.7. The second-order valence-corrected chi connectivity index (χ2v) is 5.16. The van der Waals surface area contributed by atoms with Gasteiger partial charge < -0.3 is 5.32 Å². The lowest BCUT2D eigenvalue weighted by Crippen LogP contribution is -2.53. The number of hydrogen-bond donors (Lipinski definition) is 1. The van der Waals surface area contributed by atoms with Gasteiger partial charge in [0.25, 0.3) is 0 Å². The van der Waals surface area contributed by atoms with Crippen LogP contribution in [0, 0.1) is 0 Å². The van der Waals surface area contributed by atoms with Gasteiger partial charge in [0.2, 0.25) is 0 Å². The summed E-state index contributed by atoms with van der Waals surface area (Å²) in [5.41, 5.74) is 1.23. The summed E-state index contributed by atoms with van der Waals surface area (Å²) in [5.74, 6) is 0. The van der Waals surface area contributed by atoms with E-state index in [1.165, 1.54) is 5.56 Å². The van der Waals surface area contributed by atoms with Gasteiger partial charge >= 0.3 is 0 Å². The largest absolute Gasteiger partial charge is 0.309 e. The molecule has 1 saturated heterocycles. The molecule has 2 nitrogen and oxygen atoms in total. The number of rotatable bonds is 2. The molecule has 0 amide bonds. The van der Waals surface area contributed by atoms with Gasteiger partial charge in [0.15, 0.2) is 0 Å². The maximum Gasteiger partial charge on any atom is 0.0451 e. The van der Waals surface area contributed by atoms with Crippen molar-refractivity contribution in [2.45, 2.75) is 32.5 Å². The van der Waals surface area contributed by atoms with Crippen LogP contribution < -0.4 is 5.32 Å². The maximum absolute atomic E-state index is 6.17. The highest BCUT2D eigenvalue weighted by atomic mass is 35.5. The molecule has 16 heavy (non-hydrogen) atoms. The second-order valence-electron chi connectivity index (χ2n) is 4.75. The normalized spacial score (nSPS) is 26.9. The van der Waals surface area contributed by atoms with Crippen molar-refractivity contribution in [1.82, 2.24) is 10.2 Å². The molecule has 88 valence electrons. The molecule has 1 aliphatic heterocycles. The Morgan fingerprint density at radius 3 is 2.50 bits per heavy atom. The first-order valence-corrected chi connectivity index (χ1v) is 6.25. The van der Waals surface area contributed by atoms with Gasteiger partial charge in [-0.15, -0.1) is 0 Å². The van der Waals surface area contributed by atoms with Gasteiger partial charge in [0.1, 0.15) is 0 Å². The fourth-order valence-corrected chi connectivity index (χ4v) is 2.63. The van der Waals surface area contributed by atoms with E-state index in [4.69, 9.17) is 11.6 Å². The highest BCUT2D eigenvalue weighted by Crippen LogP contribution is 2.18. The number of piperazine rings is 1. The molecule has 2 unspecified atom stereocenters. The van der Waals surface area contributed by atoms with Gasteiger partial charge in [0.05, 0.1) is 0 Å². The predicted octanol–water partition coefficient (Wildman–Crippen LogP) is 2.52. The summed E-state index contributed by atoms with van der Waals surface area (Å²) in [7, 11) is 0. The van der Waals surface area contributed by atoms with E-state index in [2.05, 4.69) is 36.2 Å². The van der Waals surface area contributed by atoms with Crippen molar-refractivity contribution in [3.05, 3.63) is 34.9 Å². The molecule has 1 fully saturated rings. The van der Waals surface area contributed by atoms with Crippen LogP contribution in [0.4, 0.5) is 0 Å². The highest BCUT2D eigenvalue weighted by Gasteiger charge is 2.21. The Hall–Kier alpha value is -0.570. The standard InChI is InChI=1S/C13H19ClN2/c1-10-7-16(8-11(2)15-10)9-12-5-3-4-6-13(12)14/h3-6,10-11,15H,7-9H2,1-2H3. The molecular weight excluding hydrogens is 220 g/mol. The topological polar surface area (TPSA) is 15.3 Å². The Morgan fingerprint density at radius 2 is 1.88 bits per heavy atom. The molecule has 0 bridgehead atoms. The molecule has 1 aromatic carbocycles. The Bertz CT molecular complexity index is 344. The fraction of sp³-hybridized carbons (Fsp3) is 0.538. The summed E-state index contributed by atoms with van der Waals surface area (Å²) >= 11 is 6.17. The molecular formula is C13H19ClN2. The van der Waals surface area contributed by atoms with Gasteiger partial charge in [-0.05, 0) is 25.5 Å². The minimum atomic E-state index is 0.561. The van der Waals surface area contributed by atoms with Gasteiger partial charge in [-0.1, -0.05) is 29.8 Å². The molecule has 1 heterocycles. The lowest BCUT2D eigenvalue weighted by molar-refractivity contribution is 0.166. The van der Waals surface area contributed by atoms with E-state index >= 15 is 0 Å². The first kappa shape index (κ1) is 11.9. The summed E-state index contributed by atoms with van der Waals surface area (Å²) in [5, 5.41) is 4.41. The smallest absolute Gasteiger partial charge is 0.0451 e. The fourth-order valence-electron chi connectivity index (χ4n) is 2.44. The molecule has 2 rings (SSSR count). The zero-order chi connectivity index (χ0) is 11.5. The van der Waals surface area contributed by atoms with E-state index in [9.17, 15) is 0 Å². The quantitative estimate of drug-likeness (QED) is 0.852. The van der Waals surface area contributed by atoms with Crippen LogP contribution in [-0.2, 0) is 6.54 Å². The number of benzene rings is 1. The minimum absolute atomic E-state index is 0.561. The SMILES string of the molecule is CC1CN(Cc2ccccc2Cl)CC(C)N1. The molecule has 2 atom stereocenters. The van der Waals surface area contributed by atoms with Gasteiger partial charge in [-0.25, -0.2) is 0 Å². The van der Waals surface area contributed by atoms with Crippen molar-refractivity contribution in [2.75, 3.05) is 13.1 Å². The lowest BCUT2D eigenvalue weighted by atomic mass is 10.1. The minimum Gasteiger partial charge on any atom is -0.309 e. The van der Waals surface area contributed by atoms with Gasteiger partial charge in [-0.3, -0.25) is 4.90 Å². The van der Waals surface area contributed by atoms with Crippen LogP contribution in [-0.4, -0.2) is 30.1 Å².